The van der Waals surface area contributed by atoms with E-state index in [1.54, 1.807) is 18.2 Å². The molecule has 0 fully saturated rings. The van der Waals surface area contributed by atoms with Crippen LogP contribution in [0, 0.1) is 6.92 Å². The van der Waals surface area contributed by atoms with Crippen LogP contribution < -0.4 is 0 Å². The van der Waals surface area contributed by atoms with Crippen LogP contribution in [-0.2, 0) is 0 Å². The number of H-pyrrole nitrogens is 1. The predicted octanol–water partition coefficient (Wildman–Crippen LogP) is 2.75. The normalized spacial score (nSPS) is 11.4. The van der Waals surface area contributed by atoms with Crippen molar-refractivity contribution in [2.75, 3.05) is 0 Å². The average molecular weight is 229 g/mol. The summed E-state index contributed by atoms with van der Waals surface area (Å²) in [7, 11) is 0. The van der Waals surface area contributed by atoms with Gasteiger partial charge in [-0.3, -0.25) is 0 Å². The van der Waals surface area contributed by atoms with Crippen LogP contribution in [0.25, 0.3) is 21.8 Å². The number of aromatic hydroxyl groups is 3. The molecule has 0 amide bonds. The van der Waals surface area contributed by atoms with Gasteiger partial charge < -0.3 is 20.3 Å². The van der Waals surface area contributed by atoms with Crippen molar-refractivity contribution in [2.45, 2.75) is 6.92 Å². The Labute approximate surface area is 96.8 Å². The molecule has 0 saturated heterocycles. The summed E-state index contributed by atoms with van der Waals surface area (Å²) in [5.74, 6) is -0.197. The van der Waals surface area contributed by atoms with Gasteiger partial charge in [-0.15, -0.1) is 0 Å². The van der Waals surface area contributed by atoms with Gasteiger partial charge >= 0.3 is 0 Å². The highest BCUT2D eigenvalue weighted by molar-refractivity contribution is 6.12. The Balaban J connectivity index is 2.62. The molecule has 0 bridgehead atoms. The number of phenolic OH excluding ortho intramolecular Hbond substituents is 3. The standard InChI is InChI=1S/C13H11NO3/c1-6-4-7(15)5-8-11-9(14-12(6)8)2-3-10(16)13(11)17/h2-5,14-17H,1H3. The zero-order valence-corrected chi connectivity index (χ0v) is 9.15. The molecule has 3 rings (SSSR count). The van der Waals surface area contributed by atoms with Crippen LogP contribution in [0.4, 0.5) is 0 Å². The lowest BCUT2D eigenvalue weighted by Gasteiger charge is -2.00. The zero-order valence-electron chi connectivity index (χ0n) is 9.15. The smallest absolute Gasteiger partial charge is 0.167 e. The van der Waals surface area contributed by atoms with Gasteiger partial charge in [0.15, 0.2) is 11.5 Å². The Kier molecular flexibility index (Phi) is 1.78. The number of fused-ring (bicyclic) bond motifs is 3. The third kappa shape index (κ3) is 1.24. The molecule has 86 valence electrons. The molecule has 0 saturated carbocycles. The van der Waals surface area contributed by atoms with Gasteiger partial charge in [-0.1, -0.05) is 0 Å². The topological polar surface area (TPSA) is 76.5 Å². The number of phenols is 3. The van der Waals surface area contributed by atoms with E-state index in [2.05, 4.69) is 4.98 Å². The summed E-state index contributed by atoms with van der Waals surface area (Å²) in [6.07, 6.45) is 0. The molecule has 4 heteroatoms. The first-order valence-electron chi connectivity index (χ1n) is 5.24. The van der Waals surface area contributed by atoms with Gasteiger partial charge in [-0.2, -0.15) is 0 Å². The summed E-state index contributed by atoms with van der Waals surface area (Å²) in [6.45, 7) is 1.87. The first-order chi connectivity index (χ1) is 8.08. The fraction of sp³-hybridized carbons (Fsp3) is 0.0769. The van der Waals surface area contributed by atoms with Gasteiger partial charge in [0.1, 0.15) is 5.75 Å². The number of nitrogens with one attached hydrogen (secondary N) is 1. The quantitative estimate of drug-likeness (QED) is 0.448. The molecule has 0 aliphatic heterocycles. The maximum absolute atomic E-state index is 9.88. The minimum atomic E-state index is -0.168. The Morgan fingerprint density at radius 1 is 1.06 bits per heavy atom. The number of aromatic amines is 1. The Hall–Kier alpha value is -2.36. The highest BCUT2D eigenvalue weighted by atomic mass is 16.3. The number of rotatable bonds is 0. The minimum absolute atomic E-state index is 0.138. The third-order valence-corrected chi connectivity index (χ3v) is 3.01. The van der Waals surface area contributed by atoms with E-state index in [4.69, 9.17) is 0 Å². The summed E-state index contributed by atoms with van der Waals surface area (Å²) in [5, 5.41) is 30.2. The van der Waals surface area contributed by atoms with Gasteiger partial charge in [0.25, 0.3) is 0 Å². The Morgan fingerprint density at radius 3 is 2.59 bits per heavy atom. The first-order valence-corrected chi connectivity index (χ1v) is 5.24. The molecule has 0 unspecified atom stereocenters. The van der Waals surface area contributed by atoms with E-state index in [-0.39, 0.29) is 17.2 Å². The van der Waals surface area contributed by atoms with Gasteiger partial charge in [0, 0.05) is 10.9 Å². The molecule has 0 atom stereocenters. The summed E-state index contributed by atoms with van der Waals surface area (Å²) < 4.78 is 0. The predicted molar refractivity (Wildman–Crippen MR) is 65.5 cm³/mol. The summed E-state index contributed by atoms with van der Waals surface area (Å²) >= 11 is 0. The van der Waals surface area contributed by atoms with E-state index in [0.29, 0.717) is 10.8 Å². The number of aromatic nitrogens is 1. The van der Waals surface area contributed by atoms with Crippen molar-refractivity contribution in [3.8, 4) is 17.2 Å². The molecule has 0 radical (unpaired) electrons. The molecule has 1 aromatic heterocycles. The second kappa shape index (κ2) is 3.07. The van der Waals surface area contributed by atoms with Crippen LogP contribution in [-0.4, -0.2) is 20.3 Å². The molecular formula is C13H11NO3. The summed E-state index contributed by atoms with van der Waals surface area (Å²) in [4.78, 5) is 3.16. The van der Waals surface area contributed by atoms with E-state index in [1.807, 2.05) is 6.92 Å². The minimum Gasteiger partial charge on any atom is -0.508 e. The molecule has 1 heterocycles. The van der Waals surface area contributed by atoms with E-state index in [9.17, 15) is 15.3 Å². The second-order valence-electron chi connectivity index (χ2n) is 4.17. The van der Waals surface area contributed by atoms with Crippen LogP contribution in [0.5, 0.6) is 17.2 Å². The molecule has 0 aliphatic rings. The maximum atomic E-state index is 9.88. The molecule has 3 aromatic rings. The van der Waals surface area contributed by atoms with Crippen LogP contribution in [0.1, 0.15) is 5.56 Å². The average Bonchev–Trinajstić information content (AvgIpc) is 2.63. The molecule has 4 nitrogen and oxygen atoms in total. The van der Waals surface area contributed by atoms with Crippen molar-refractivity contribution in [3.63, 3.8) is 0 Å². The Bertz CT molecular complexity index is 743. The molecule has 4 N–H and O–H groups in total. The van der Waals surface area contributed by atoms with Crippen molar-refractivity contribution in [2.24, 2.45) is 0 Å². The summed E-state index contributed by atoms with van der Waals surface area (Å²) in [6, 6.07) is 6.35. The van der Waals surface area contributed by atoms with Crippen LogP contribution in [0.3, 0.4) is 0 Å². The lowest BCUT2D eigenvalue weighted by Crippen LogP contribution is -1.75. The Morgan fingerprint density at radius 2 is 1.82 bits per heavy atom. The van der Waals surface area contributed by atoms with Gasteiger partial charge in [0.2, 0.25) is 0 Å². The number of hydrogen-bond acceptors (Lipinski definition) is 3. The lowest BCUT2D eigenvalue weighted by molar-refractivity contribution is 0.408. The zero-order chi connectivity index (χ0) is 12.2. The number of aryl methyl sites for hydroxylation is 1. The van der Waals surface area contributed by atoms with Crippen LogP contribution >= 0.6 is 0 Å². The van der Waals surface area contributed by atoms with E-state index >= 15 is 0 Å². The molecule has 0 aliphatic carbocycles. The van der Waals surface area contributed by atoms with E-state index in [0.717, 1.165) is 16.6 Å². The van der Waals surface area contributed by atoms with Gasteiger partial charge in [0.05, 0.1) is 10.9 Å². The maximum Gasteiger partial charge on any atom is 0.167 e. The van der Waals surface area contributed by atoms with Crippen molar-refractivity contribution in [1.29, 1.82) is 0 Å². The highest BCUT2D eigenvalue weighted by Gasteiger charge is 2.13. The fourth-order valence-corrected chi connectivity index (χ4v) is 2.22. The SMILES string of the molecule is Cc1cc(O)cc2c1[nH]c1ccc(O)c(O)c12. The molecule has 2 aromatic carbocycles. The molecular weight excluding hydrogens is 218 g/mol. The summed E-state index contributed by atoms with van der Waals surface area (Å²) in [5.41, 5.74) is 2.46. The molecule has 17 heavy (non-hydrogen) atoms. The highest BCUT2D eigenvalue weighted by Crippen LogP contribution is 2.40. The van der Waals surface area contributed by atoms with Gasteiger partial charge in [-0.25, -0.2) is 0 Å². The second-order valence-corrected chi connectivity index (χ2v) is 4.17. The third-order valence-electron chi connectivity index (χ3n) is 3.01. The largest absolute Gasteiger partial charge is 0.508 e. The van der Waals surface area contributed by atoms with Crippen molar-refractivity contribution in [1.82, 2.24) is 4.98 Å². The van der Waals surface area contributed by atoms with Crippen LogP contribution in [0.2, 0.25) is 0 Å². The van der Waals surface area contributed by atoms with Crippen LogP contribution in [0.15, 0.2) is 24.3 Å². The van der Waals surface area contributed by atoms with Crippen molar-refractivity contribution in [3.05, 3.63) is 29.8 Å². The van der Waals surface area contributed by atoms with Crippen molar-refractivity contribution < 1.29 is 15.3 Å². The number of benzene rings is 2. The molecule has 0 spiro atoms. The number of hydrogen-bond donors (Lipinski definition) is 4. The fourth-order valence-electron chi connectivity index (χ4n) is 2.22. The lowest BCUT2D eigenvalue weighted by atomic mass is 10.1. The van der Waals surface area contributed by atoms with E-state index in [1.165, 1.54) is 6.07 Å². The first kappa shape index (κ1) is 9.84. The van der Waals surface area contributed by atoms with Gasteiger partial charge in [-0.05, 0) is 36.8 Å². The van der Waals surface area contributed by atoms with E-state index < -0.39 is 0 Å². The van der Waals surface area contributed by atoms with Crippen molar-refractivity contribution >= 4 is 21.8 Å². The monoisotopic (exact) mass is 229 g/mol.